The van der Waals surface area contributed by atoms with Crippen molar-refractivity contribution in [3.05, 3.63) is 56.8 Å². The number of aromatic nitrogens is 1. The molecule has 0 atom stereocenters. The Bertz CT molecular complexity index is 666. The molecule has 0 spiro atoms. The number of hydrogen-bond donors (Lipinski definition) is 0. The van der Waals surface area contributed by atoms with E-state index in [1.807, 2.05) is 0 Å². The van der Waals surface area contributed by atoms with Crippen LogP contribution in [0.25, 0.3) is 10.9 Å². The van der Waals surface area contributed by atoms with Crippen LogP contribution in [-0.2, 0) is 6.54 Å². The molecule has 2 aromatic heterocycles. The fraction of sp³-hybridized carbons (Fsp3) is 0.143. The molecule has 1 nitrogen and oxygen atoms in total. The Morgan fingerprint density at radius 1 is 1.24 bits per heavy atom. The highest BCUT2D eigenvalue weighted by Crippen LogP contribution is 2.26. The van der Waals surface area contributed by atoms with Crippen molar-refractivity contribution in [1.82, 2.24) is 4.57 Å². The molecule has 0 fully saturated rings. The van der Waals surface area contributed by atoms with Crippen molar-refractivity contribution in [2.75, 3.05) is 0 Å². The third-order valence-corrected chi connectivity index (χ3v) is 4.85. The molecule has 3 heteroatoms. The Morgan fingerprint density at radius 2 is 2.12 bits per heavy atom. The summed E-state index contributed by atoms with van der Waals surface area (Å²) >= 11 is 5.38. The van der Waals surface area contributed by atoms with Gasteiger partial charge in [-0.25, -0.2) is 0 Å². The first-order valence-corrected chi connectivity index (χ1v) is 7.19. The molecule has 86 valence electrons. The summed E-state index contributed by atoms with van der Waals surface area (Å²) in [5.74, 6) is 0. The molecule has 17 heavy (non-hydrogen) atoms. The third kappa shape index (κ3) is 2.05. The summed E-state index contributed by atoms with van der Waals surface area (Å²) in [6.45, 7) is 3.07. The van der Waals surface area contributed by atoms with Gasteiger partial charge in [-0.3, -0.25) is 0 Å². The number of hydrogen-bond acceptors (Lipinski definition) is 1. The summed E-state index contributed by atoms with van der Waals surface area (Å²) in [5.41, 5.74) is 2.62. The average Bonchev–Trinajstić information content (AvgIpc) is 2.88. The van der Waals surface area contributed by atoms with Gasteiger partial charge in [-0.1, -0.05) is 12.1 Å². The Hall–Kier alpha value is -1.06. The molecule has 0 saturated heterocycles. The molecule has 3 rings (SSSR count). The number of halogens is 1. The summed E-state index contributed by atoms with van der Waals surface area (Å²) < 4.78 is 3.51. The van der Waals surface area contributed by atoms with Gasteiger partial charge >= 0.3 is 0 Å². The minimum Gasteiger partial charge on any atom is -0.342 e. The van der Waals surface area contributed by atoms with Crippen LogP contribution in [0.15, 0.2) is 46.4 Å². The van der Waals surface area contributed by atoms with Crippen LogP contribution >= 0.6 is 27.3 Å². The topological polar surface area (TPSA) is 4.93 Å². The number of nitrogens with zero attached hydrogens (tertiary/aromatic N) is 1. The van der Waals surface area contributed by atoms with Crippen molar-refractivity contribution in [2.45, 2.75) is 13.5 Å². The molecule has 2 heterocycles. The molecule has 0 bridgehead atoms. The molecular weight excluding hydrogens is 294 g/mol. The van der Waals surface area contributed by atoms with Gasteiger partial charge < -0.3 is 4.57 Å². The van der Waals surface area contributed by atoms with E-state index in [1.165, 1.54) is 25.8 Å². The Balaban J connectivity index is 2.06. The minimum absolute atomic E-state index is 0.936. The molecule has 0 saturated carbocycles. The highest BCUT2D eigenvalue weighted by atomic mass is 79.9. The van der Waals surface area contributed by atoms with Gasteiger partial charge in [0.2, 0.25) is 0 Å². The standard InChI is InChI=1S/C14H12BrNS/c1-10-2-3-11-4-6-16(13(11)8-10)9-14-12(15)5-7-17-14/h2-8H,9H2,1H3. The Kier molecular flexibility index (Phi) is 2.81. The molecule has 1 aromatic carbocycles. The molecule has 3 aromatic rings. The molecule has 0 aliphatic carbocycles. The van der Waals surface area contributed by atoms with Crippen LogP contribution in [0.4, 0.5) is 0 Å². The fourth-order valence-corrected chi connectivity index (χ4v) is 3.50. The third-order valence-electron chi connectivity index (χ3n) is 2.93. The Morgan fingerprint density at radius 3 is 2.88 bits per heavy atom. The molecule has 0 amide bonds. The SMILES string of the molecule is Cc1ccc2ccn(Cc3sccc3Br)c2c1. The second-order valence-electron chi connectivity index (χ2n) is 4.20. The fourth-order valence-electron chi connectivity index (χ4n) is 2.02. The van der Waals surface area contributed by atoms with E-state index in [1.54, 1.807) is 11.3 Å². The first-order valence-electron chi connectivity index (χ1n) is 5.51. The first-order chi connectivity index (χ1) is 8.24. The quantitative estimate of drug-likeness (QED) is 0.639. The second kappa shape index (κ2) is 4.31. The van der Waals surface area contributed by atoms with E-state index in [0.717, 1.165) is 6.54 Å². The zero-order chi connectivity index (χ0) is 11.8. The van der Waals surface area contributed by atoms with Crippen molar-refractivity contribution < 1.29 is 0 Å². The van der Waals surface area contributed by atoms with Gasteiger partial charge in [0.25, 0.3) is 0 Å². The number of benzene rings is 1. The van der Waals surface area contributed by atoms with E-state index < -0.39 is 0 Å². The zero-order valence-electron chi connectivity index (χ0n) is 9.48. The molecule has 0 aliphatic rings. The lowest BCUT2D eigenvalue weighted by Crippen LogP contribution is -1.96. The average molecular weight is 306 g/mol. The molecule has 0 radical (unpaired) electrons. The van der Waals surface area contributed by atoms with Gasteiger partial charge in [0.05, 0.1) is 6.54 Å². The van der Waals surface area contributed by atoms with Crippen LogP contribution in [-0.4, -0.2) is 4.57 Å². The maximum absolute atomic E-state index is 3.59. The van der Waals surface area contributed by atoms with Gasteiger partial charge in [0, 0.05) is 21.1 Å². The maximum atomic E-state index is 3.59. The maximum Gasteiger partial charge on any atom is 0.0580 e. The second-order valence-corrected chi connectivity index (χ2v) is 6.05. The summed E-state index contributed by atoms with van der Waals surface area (Å²) in [6, 6.07) is 10.9. The van der Waals surface area contributed by atoms with Crippen molar-refractivity contribution >= 4 is 38.2 Å². The normalized spacial score (nSPS) is 11.2. The predicted molar refractivity (Wildman–Crippen MR) is 77.8 cm³/mol. The lowest BCUT2D eigenvalue weighted by Gasteiger charge is -2.05. The lowest BCUT2D eigenvalue weighted by atomic mass is 10.2. The summed E-state index contributed by atoms with van der Waals surface area (Å²) in [7, 11) is 0. The van der Waals surface area contributed by atoms with Gasteiger partial charge in [0.1, 0.15) is 0 Å². The monoisotopic (exact) mass is 305 g/mol. The molecule has 0 unspecified atom stereocenters. The van der Waals surface area contributed by atoms with Crippen LogP contribution in [0.5, 0.6) is 0 Å². The number of aryl methyl sites for hydroxylation is 1. The van der Waals surface area contributed by atoms with Gasteiger partial charge in [-0.2, -0.15) is 0 Å². The largest absolute Gasteiger partial charge is 0.342 e. The summed E-state index contributed by atoms with van der Waals surface area (Å²) in [6.07, 6.45) is 2.16. The first kappa shape index (κ1) is 11.1. The van der Waals surface area contributed by atoms with Gasteiger partial charge in [-0.05, 0) is 57.4 Å². The van der Waals surface area contributed by atoms with Crippen molar-refractivity contribution in [3.63, 3.8) is 0 Å². The number of thiophene rings is 1. The van der Waals surface area contributed by atoms with E-state index in [9.17, 15) is 0 Å². The van der Waals surface area contributed by atoms with Crippen LogP contribution < -0.4 is 0 Å². The van der Waals surface area contributed by atoms with E-state index in [0.29, 0.717) is 0 Å². The predicted octanol–water partition coefficient (Wildman–Crippen LogP) is 4.82. The van der Waals surface area contributed by atoms with Crippen molar-refractivity contribution in [3.8, 4) is 0 Å². The van der Waals surface area contributed by atoms with E-state index in [-0.39, 0.29) is 0 Å². The van der Waals surface area contributed by atoms with Crippen LogP contribution in [0, 0.1) is 6.92 Å². The summed E-state index contributed by atoms with van der Waals surface area (Å²) in [5, 5.41) is 3.43. The van der Waals surface area contributed by atoms with Crippen molar-refractivity contribution in [1.29, 1.82) is 0 Å². The minimum atomic E-state index is 0.936. The van der Waals surface area contributed by atoms with Crippen LogP contribution in [0.3, 0.4) is 0 Å². The Labute approximate surface area is 113 Å². The zero-order valence-corrected chi connectivity index (χ0v) is 11.9. The van der Waals surface area contributed by atoms with Crippen molar-refractivity contribution in [2.24, 2.45) is 0 Å². The molecule has 0 aliphatic heterocycles. The number of rotatable bonds is 2. The summed E-state index contributed by atoms with van der Waals surface area (Å²) in [4.78, 5) is 1.36. The smallest absolute Gasteiger partial charge is 0.0580 e. The van der Waals surface area contributed by atoms with E-state index >= 15 is 0 Å². The molecular formula is C14H12BrNS. The van der Waals surface area contributed by atoms with Gasteiger partial charge in [0.15, 0.2) is 0 Å². The molecule has 0 N–H and O–H groups in total. The van der Waals surface area contributed by atoms with Crippen LogP contribution in [0.2, 0.25) is 0 Å². The van der Waals surface area contributed by atoms with E-state index in [2.05, 4.69) is 69.3 Å². The van der Waals surface area contributed by atoms with E-state index in [4.69, 9.17) is 0 Å². The lowest BCUT2D eigenvalue weighted by molar-refractivity contribution is 0.848. The number of fused-ring (bicyclic) bond motifs is 1. The van der Waals surface area contributed by atoms with Crippen LogP contribution in [0.1, 0.15) is 10.4 Å². The highest BCUT2D eigenvalue weighted by molar-refractivity contribution is 9.10. The van der Waals surface area contributed by atoms with Gasteiger partial charge in [-0.15, -0.1) is 11.3 Å². The highest BCUT2D eigenvalue weighted by Gasteiger charge is 2.05.